The molecule has 0 N–H and O–H groups in total. The molecule has 2 amide bonds. The van der Waals surface area contributed by atoms with Gasteiger partial charge in [-0.05, 0) is 37.5 Å². The fourth-order valence-electron chi connectivity index (χ4n) is 4.59. The maximum atomic E-state index is 13.5. The van der Waals surface area contributed by atoms with Gasteiger partial charge < -0.3 is 19.1 Å². The molecule has 3 aliphatic rings. The first-order chi connectivity index (χ1) is 14.8. The van der Waals surface area contributed by atoms with Gasteiger partial charge in [0.25, 0.3) is 11.8 Å². The molecular formula is C23H27ClN2O5. The van der Waals surface area contributed by atoms with E-state index in [4.69, 9.17) is 25.8 Å². The minimum Gasteiger partial charge on any atom is -0.500 e. The third-order valence-corrected chi connectivity index (χ3v) is 6.73. The Kier molecular flexibility index (Phi) is 6.19. The van der Waals surface area contributed by atoms with Crippen molar-refractivity contribution in [2.45, 2.75) is 26.4 Å². The number of ether oxygens (including phenoxy) is 3. The average molecular weight is 447 g/mol. The Hall–Kier alpha value is -2.22. The van der Waals surface area contributed by atoms with Gasteiger partial charge in [0.2, 0.25) is 0 Å². The van der Waals surface area contributed by atoms with Crippen molar-refractivity contribution in [3.05, 3.63) is 45.2 Å². The summed E-state index contributed by atoms with van der Waals surface area (Å²) in [6, 6.07) is 2.03. The number of aliphatic imine (C=N–C) groups is 1. The Morgan fingerprint density at radius 3 is 2.65 bits per heavy atom. The van der Waals surface area contributed by atoms with Crippen molar-refractivity contribution < 1.29 is 23.8 Å². The summed E-state index contributed by atoms with van der Waals surface area (Å²) in [6.45, 7) is 5.69. The van der Waals surface area contributed by atoms with Crippen LogP contribution in [0.3, 0.4) is 0 Å². The molecule has 1 saturated heterocycles. The second-order valence-corrected chi connectivity index (χ2v) is 8.68. The lowest BCUT2D eigenvalue weighted by atomic mass is 9.86. The number of hydrogen-bond donors (Lipinski definition) is 0. The lowest BCUT2D eigenvalue weighted by Gasteiger charge is -2.36. The second kappa shape index (κ2) is 8.73. The number of methoxy groups -OCH3 is 2. The molecule has 2 unspecified atom stereocenters. The van der Waals surface area contributed by atoms with Gasteiger partial charge in [0.15, 0.2) is 0 Å². The van der Waals surface area contributed by atoms with E-state index in [1.54, 1.807) is 25.0 Å². The number of benzene rings is 1. The van der Waals surface area contributed by atoms with E-state index in [9.17, 15) is 9.59 Å². The van der Waals surface area contributed by atoms with Crippen molar-refractivity contribution in [3.8, 4) is 0 Å². The number of rotatable bonds is 6. The van der Waals surface area contributed by atoms with Crippen LogP contribution in [0.2, 0.25) is 5.02 Å². The molecule has 0 aromatic heterocycles. The highest BCUT2D eigenvalue weighted by atomic mass is 35.5. The third kappa shape index (κ3) is 3.90. The molecule has 31 heavy (non-hydrogen) atoms. The number of hydrogen-bond acceptors (Lipinski definition) is 5. The molecule has 7 nitrogen and oxygen atoms in total. The average Bonchev–Trinajstić information content (AvgIpc) is 2.70. The fourth-order valence-corrected chi connectivity index (χ4v) is 4.95. The van der Waals surface area contributed by atoms with Crippen molar-refractivity contribution in [3.63, 3.8) is 0 Å². The number of dihydropyridines is 1. The van der Waals surface area contributed by atoms with Crippen LogP contribution in [0, 0.1) is 18.8 Å². The molecule has 166 valence electrons. The van der Waals surface area contributed by atoms with Gasteiger partial charge in [0.1, 0.15) is 11.7 Å². The first-order valence-electron chi connectivity index (χ1n) is 10.4. The van der Waals surface area contributed by atoms with Gasteiger partial charge in [-0.2, -0.15) is 0 Å². The summed E-state index contributed by atoms with van der Waals surface area (Å²) in [4.78, 5) is 31.8. The molecular weight excluding hydrogens is 420 g/mol. The molecule has 8 heteroatoms. The highest BCUT2D eigenvalue weighted by Gasteiger charge is 2.38. The van der Waals surface area contributed by atoms with Crippen molar-refractivity contribution in [2.24, 2.45) is 16.8 Å². The molecule has 3 heterocycles. The van der Waals surface area contributed by atoms with Gasteiger partial charge in [-0.1, -0.05) is 17.7 Å². The Morgan fingerprint density at radius 1 is 1.29 bits per heavy atom. The number of carbonyl (C=O) groups excluding carboxylic acids is 2. The van der Waals surface area contributed by atoms with E-state index in [-0.39, 0.29) is 30.4 Å². The van der Waals surface area contributed by atoms with Gasteiger partial charge in [-0.25, -0.2) is 4.99 Å². The first-order valence-corrected chi connectivity index (χ1v) is 10.8. The molecule has 1 aromatic rings. The normalized spacial score (nSPS) is 22.5. The van der Waals surface area contributed by atoms with E-state index in [0.717, 1.165) is 16.7 Å². The molecule has 1 fully saturated rings. The summed E-state index contributed by atoms with van der Waals surface area (Å²) in [7, 11) is 3.18. The molecule has 0 bridgehead atoms. The van der Waals surface area contributed by atoms with Crippen LogP contribution in [0.1, 0.15) is 40.1 Å². The number of fused-ring (bicyclic) bond motifs is 1. The van der Waals surface area contributed by atoms with Crippen LogP contribution in [-0.4, -0.2) is 62.9 Å². The summed E-state index contributed by atoms with van der Waals surface area (Å²) in [5, 5.41) is 0.431. The summed E-state index contributed by atoms with van der Waals surface area (Å²) in [6.07, 6.45) is 2.19. The number of nitrogens with zero attached hydrogens (tertiary/aromatic N) is 2. The number of aryl methyl sites for hydroxylation is 1. The molecule has 0 spiro atoms. The molecule has 0 saturated carbocycles. The van der Waals surface area contributed by atoms with Crippen LogP contribution in [0.25, 0.3) is 0 Å². The predicted octanol–water partition coefficient (Wildman–Crippen LogP) is 3.13. The standard InChI is InChI=1S/C23H27ClN2O5/c1-12-7-16(21(30-4)14-10-31-11-14)20(24)19-15(12)5-6-26(23(19)28)9-17-18(29-3)8-13(2)25-22(17)27/h7-8,14,17,21H,5-6,9-11H2,1-4H3. The van der Waals surface area contributed by atoms with E-state index < -0.39 is 5.92 Å². The molecule has 0 radical (unpaired) electrons. The van der Waals surface area contributed by atoms with Crippen molar-refractivity contribution in [1.82, 2.24) is 4.90 Å². The van der Waals surface area contributed by atoms with Crippen LogP contribution in [0.15, 0.2) is 22.9 Å². The van der Waals surface area contributed by atoms with Crippen LogP contribution >= 0.6 is 11.6 Å². The lowest BCUT2D eigenvalue weighted by molar-refractivity contribution is -0.122. The fraction of sp³-hybridized carbons (Fsp3) is 0.522. The highest BCUT2D eigenvalue weighted by molar-refractivity contribution is 6.35. The monoisotopic (exact) mass is 446 g/mol. The van der Waals surface area contributed by atoms with E-state index >= 15 is 0 Å². The minimum absolute atomic E-state index is 0.176. The van der Waals surface area contributed by atoms with Gasteiger partial charge in [-0.15, -0.1) is 0 Å². The summed E-state index contributed by atoms with van der Waals surface area (Å²) < 4.78 is 16.5. The second-order valence-electron chi connectivity index (χ2n) is 8.30. The van der Waals surface area contributed by atoms with Gasteiger partial charge in [-0.3, -0.25) is 9.59 Å². The van der Waals surface area contributed by atoms with Crippen molar-refractivity contribution in [2.75, 3.05) is 40.5 Å². The topological polar surface area (TPSA) is 77.4 Å². The zero-order valence-electron chi connectivity index (χ0n) is 18.2. The number of allylic oxidation sites excluding steroid dienone is 1. The number of amides is 2. The van der Waals surface area contributed by atoms with Crippen molar-refractivity contribution in [1.29, 1.82) is 0 Å². The number of carbonyl (C=O) groups is 2. The number of halogens is 1. The Morgan fingerprint density at radius 2 is 2.03 bits per heavy atom. The first kappa shape index (κ1) is 22.0. The minimum atomic E-state index is -0.610. The summed E-state index contributed by atoms with van der Waals surface area (Å²) in [5.41, 5.74) is 3.91. The Labute approximate surface area is 187 Å². The molecule has 0 aliphatic carbocycles. The quantitative estimate of drug-likeness (QED) is 0.671. The Bertz CT molecular complexity index is 983. The SMILES string of the molecule is COC1=CC(C)=NC(=O)C1CN1CCc2c(C)cc(C(OC)C3COC3)c(Cl)c2C1=O. The van der Waals surface area contributed by atoms with E-state index in [1.807, 2.05) is 13.0 Å². The summed E-state index contributed by atoms with van der Waals surface area (Å²) in [5.74, 6) is -0.343. The van der Waals surface area contributed by atoms with Crippen LogP contribution in [0.4, 0.5) is 0 Å². The maximum Gasteiger partial charge on any atom is 0.258 e. The predicted molar refractivity (Wildman–Crippen MR) is 117 cm³/mol. The maximum absolute atomic E-state index is 13.5. The van der Waals surface area contributed by atoms with Crippen LogP contribution in [0.5, 0.6) is 0 Å². The third-order valence-electron chi connectivity index (χ3n) is 6.33. The van der Waals surface area contributed by atoms with Crippen LogP contribution < -0.4 is 0 Å². The smallest absolute Gasteiger partial charge is 0.258 e. The zero-order chi connectivity index (χ0) is 22.3. The van der Waals surface area contributed by atoms with Gasteiger partial charge in [0.05, 0.1) is 37.0 Å². The Balaban J connectivity index is 1.65. The molecule has 3 aliphatic heterocycles. The summed E-state index contributed by atoms with van der Waals surface area (Å²) >= 11 is 6.81. The largest absolute Gasteiger partial charge is 0.500 e. The molecule has 1 aromatic carbocycles. The van der Waals surface area contributed by atoms with E-state index in [0.29, 0.717) is 48.2 Å². The molecule has 2 atom stereocenters. The van der Waals surface area contributed by atoms with Crippen LogP contribution in [-0.2, 0) is 25.4 Å². The van der Waals surface area contributed by atoms with E-state index in [2.05, 4.69) is 4.99 Å². The lowest BCUT2D eigenvalue weighted by Crippen LogP contribution is -2.44. The van der Waals surface area contributed by atoms with Gasteiger partial charge in [0, 0.05) is 37.4 Å². The van der Waals surface area contributed by atoms with Gasteiger partial charge >= 0.3 is 0 Å². The van der Waals surface area contributed by atoms with Crippen molar-refractivity contribution >= 4 is 29.1 Å². The molecule has 4 rings (SSSR count). The zero-order valence-corrected chi connectivity index (χ0v) is 19.0. The van der Waals surface area contributed by atoms with E-state index in [1.165, 1.54) is 7.11 Å². The highest BCUT2D eigenvalue weighted by Crippen LogP contribution is 2.40.